The molecule has 0 saturated heterocycles. The summed E-state index contributed by atoms with van der Waals surface area (Å²) in [5, 5.41) is 6.73. The second-order valence-corrected chi connectivity index (χ2v) is 7.05. The van der Waals surface area contributed by atoms with Crippen LogP contribution in [0.2, 0.25) is 0 Å². The molecule has 0 radical (unpaired) electrons. The Bertz CT molecular complexity index is 785. The first-order valence-electron chi connectivity index (χ1n) is 10.7. The molecule has 7 nitrogen and oxygen atoms in total. The molecule has 2 rings (SSSR count). The van der Waals surface area contributed by atoms with Gasteiger partial charge in [0.15, 0.2) is 5.96 Å². The highest BCUT2D eigenvalue weighted by atomic mass is 16.5. The number of ether oxygens (including phenoxy) is 1. The number of nitrogens with one attached hydrogen (secondary N) is 2. The molecular weight excluding hydrogens is 366 g/mol. The standard InChI is InChI=1S/C22H35N5O2/c1-4-29-21(28)14-7-5-6-10-15-24-22(23-3)25-16-11-17-27-18(2)26-19-12-8-9-13-20(19)27/h8-9,12-13H,4-7,10-11,14-17H2,1-3H3,(H2,23,24,25). The van der Waals surface area contributed by atoms with Crippen LogP contribution in [-0.4, -0.2) is 48.2 Å². The van der Waals surface area contributed by atoms with Gasteiger partial charge in [-0.2, -0.15) is 0 Å². The van der Waals surface area contributed by atoms with Crippen molar-refractivity contribution in [3.05, 3.63) is 30.1 Å². The highest BCUT2D eigenvalue weighted by Crippen LogP contribution is 2.15. The lowest BCUT2D eigenvalue weighted by Gasteiger charge is -2.12. The summed E-state index contributed by atoms with van der Waals surface area (Å²) in [5.41, 5.74) is 2.24. The smallest absolute Gasteiger partial charge is 0.305 e. The van der Waals surface area contributed by atoms with Crippen molar-refractivity contribution in [2.75, 3.05) is 26.7 Å². The summed E-state index contributed by atoms with van der Waals surface area (Å²) in [7, 11) is 1.79. The molecule has 1 heterocycles. The van der Waals surface area contributed by atoms with Crippen LogP contribution in [0.5, 0.6) is 0 Å². The topological polar surface area (TPSA) is 80.5 Å². The number of fused-ring (bicyclic) bond motifs is 1. The SMILES string of the molecule is CCOC(=O)CCCCCCNC(=NC)NCCCn1c(C)nc2ccccc21. The zero-order valence-corrected chi connectivity index (χ0v) is 18.0. The molecule has 29 heavy (non-hydrogen) atoms. The summed E-state index contributed by atoms with van der Waals surface area (Å²) in [6.45, 7) is 7.02. The Hall–Kier alpha value is -2.57. The summed E-state index contributed by atoms with van der Waals surface area (Å²) in [6.07, 6.45) is 5.62. The number of imidazole rings is 1. The van der Waals surface area contributed by atoms with Gasteiger partial charge < -0.3 is 19.9 Å². The Morgan fingerprint density at radius 3 is 2.59 bits per heavy atom. The molecule has 0 unspecified atom stereocenters. The lowest BCUT2D eigenvalue weighted by atomic mass is 10.1. The maximum Gasteiger partial charge on any atom is 0.305 e. The number of rotatable bonds is 12. The number of nitrogens with zero attached hydrogens (tertiary/aromatic N) is 3. The van der Waals surface area contributed by atoms with Gasteiger partial charge in [0.05, 0.1) is 17.6 Å². The van der Waals surface area contributed by atoms with Crippen molar-refractivity contribution < 1.29 is 9.53 Å². The van der Waals surface area contributed by atoms with Crippen LogP contribution in [0, 0.1) is 6.92 Å². The van der Waals surface area contributed by atoms with E-state index in [0.29, 0.717) is 13.0 Å². The van der Waals surface area contributed by atoms with Crippen molar-refractivity contribution in [2.45, 2.75) is 58.9 Å². The Labute approximate surface area is 173 Å². The van der Waals surface area contributed by atoms with E-state index < -0.39 is 0 Å². The minimum absolute atomic E-state index is 0.0888. The number of hydrogen-bond acceptors (Lipinski definition) is 4. The van der Waals surface area contributed by atoms with E-state index in [1.807, 2.05) is 13.0 Å². The van der Waals surface area contributed by atoms with Crippen molar-refractivity contribution in [1.29, 1.82) is 0 Å². The summed E-state index contributed by atoms with van der Waals surface area (Å²) in [5.74, 6) is 1.80. The maximum absolute atomic E-state index is 11.3. The van der Waals surface area contributed by atoms with Gasteiger partial charge in [-0.25, -0.2) is 4.98 Å². The molecule has 0 spiro atoms. The van der Waals surface area contributed by atoms with Crippen LogP contribution < -0.4 is 10.6 Å². The molecule has 0 bridgehead atoms. The lowest BCUT2D eigenvalue weighted by molar-refractivity contribution is -0.143. The molecule has 0 amide bonds. The zero-order chi connectivity index (χ0) is 20.9. The number of aryl methyl sites for hydroxylation is 2. The number of aliphatic imine (C=N–C) groups is 1. The van der Waals surface area contributed by atoms with Gasteiger partial charge in [-0.05, 0) is 45.2 Å². The third-order valence-electron chi connectivity index (χ3n) is 4.83. The zero-order valence-electron chi connectivity index (χ0n) is 18.0. The first-order valence-corrected chi connectivity index (χ1v) is 10.7. The molecule has 0 aliphatic rings. The van der Waals surface area contributed by atoms with Crippen LogP contribution in [-0.2, 0) is 16.1 Å². The minimum atomic E-state index is -0.0888. The molecule has 0 saturated carbocycles. The molecule has 0 atom stereocenters. The fraction of sp³-hybridized carbons (Fsp3) is 0.591. The third kappa shape index (κ3) is 7.75. The van der Waals surface area contributed by atoms with Gasteiger partial charge in [-0.3, -0.25) is 9.79 Å². The molecule has 2 N–H and O–H groups in total. The Kier molecular flexibility index (Phi) is 10.0. The molecule has 7 heteroatoms. The first-order chi connectivity index (χ1) is 14.2. The number of esters is 1. The number of hydrogen-bond donors (Lipinski definition) is 2. The lowest BCUT2D eigenvalue weighted by Crippen LogP contribution is -2.38. The number of guanidine groups is 1. The number of para-hydroxylation sites is 2. The summed E-state index contributed by atoms with van der Waals surface area (Å²) in [6, 6.07) is 8.26. The molecule has 160 valence electrons. The van der Waals surface area contributed by atoms with E-state index >= 15 is 0 Å². The molecule has 0 aliphatic heterocycles. The van der Waals surface area contributed by atoms with Gasteiger partial charge in [-0.15, -0.1) is 0 Å². The second-order valence-electron chi connectivity index (χ2n) is 7.05. The average molecular weight is 402 g/mol. The molecule has 2 aromatic rings. The number of carbonyl (C=O) groups excluding carboxylic acids is 1. The van der Waals surface area contributed by atoms with Gasteiger partial charge in [-0.1, -0.05) is 25.0 Å². The summed E-state index contributed by atoms with van der Waals surface area (Å²) >= 11 is 0. The van der Waals surface area contributed by atoms with Gasteiger partial charge in [0.25, 0.3) is 0 Å². The van der Waals surface area contributed by atoms with Crippen molar-refractivity contribution in [2.24, 2.45) is 4.99 Å². The van der Waals surface area contributed by atoms with E-state index in [-0.39, 0.29) is 5.97 Å². The normalized spacial score (nSPS) is 11.6. The van der Waals surface area contributed by atoms with Gasteiger partial charge in [0.2, 0.25) is 0 Å². The van der Waals surface area contributed by atoms with Crippen molar-refractivity contribution in [3.63, 3.8) is 0 Å². The van der Waals surface area contributed by atoms with Crippen LogP contribution >= 0.6 is 0 Å². The molecule has 0 fully saturated rings. The third-order valence-corrected chi connectivity index (χ3v) is 4.83. The summed E-state index contributed by atoms with van der Waals surface area (Å²) in [4.78, 5) is 20.2. The largest absolute Gasteiger partial charge is 0.466 e. The van der Waals surface area contributed by atoms with Crippen LogP contribution in [0.4, 0.5) is 0 Å². The number of aromatic nitrogens is 2. The fourth-order valence-electron chi connectivity index (χ4n) is 3.33. The molecule has 0 aliphatic carbocycles. The van der Waals surface area contributed by atoms with Crippen LogP contribution in [0.15, 0.2) is 29.3 Å². The number of benzene rings is 1. The van der Waals surface area contributed by atoms with Crippen molar-refractivity contribution in [3.8, 4) is 0 Å². The van der Waals surface area contributed by atoms with E-state index in [4.69, 9.17) is 4.74 Å². The van der Waals surface area contributed by atoms with Crippen molar-refractivity contribution in [1.82, 2.24) is 20.2 Å². The number of unbranched alkanes of at least 4 members (excludes halogenated alkanes) is 3. The predicted octanol–water partition coefficient (Wildman–Crippen LogP) is 3.41. The average Bonchev–Trinajstić information content (AvgIpc) is 3.04. The quantitative estimate of drug-likeness (QED) is 0.247. The van der Waals surface area contributed by atoms with Gasteiger partial charge >= 0.3 is 5.97 Å². The molecule has 1 aromatic heterocycles. The Morgan fingerprint density at radius 1 is 1.10 bits per heavy atom. The van der Waals surface area contributed by atoms with E-state index in [9.17, 15) is 4.79 Å². The van der Waals surface area contributed by atoms with Crippen molar-refractivity contribution >= 4 is 23.0 Å². The Morgan fingerprint density at radius 2 is 1.83 bits per heavy atom. The van der Waals surface area contributed by atoms with E-state index in [1.165, 1.54) is 5.52 Å². The van der Waals surface area contributed by atoms with Crippen LogP contribution in [0.1, 0.15) is 51.3 Å². The maximum atomic E-state index is 11.3. The van der Waals surface area contributed by atoms with E-state index in [2.05, 4.69) is 50.3 Å². The highest BCUT2D eigenvalue weighted by Gasteiger charge is 2.06. The van der Waals surface area contributed by atoms with E-state index in [0.717, 1.165) is 69.0 Å². The van der Waals surface area contributed by atoms with Crippen LogP contribution in [0.3, 0.4) is 0 Å². The molecule has 1 aromatic carbocycles. The fourth-order valence-corrected chi connectivity index (χ4v) is 3.33. The minimum Gasteiger partial charge on any atom is -0.466 e. The van der Waals surface area contributed by atoms with E-state index in [1.54, 1.807) is 7.05 Å². The number of carbonyl (C=O) groups is 1. The van der Waals surface area contributed by atoms with Gasteiger partial charge in [0, 0.05) is 33.1 Å². The summed E-state index contributed by atoms with van der Waals surface area (Å²) < 4.78 is 7.20. The molecular formula is C22H35N5O2. The highest BCUT2D eigenvalue weighted by molar-refractivity contribution is 5.79. The predicted molar refractivity (Wildman–Crippen MR) is 118 cm³/mol. The van der Waals surface area contributed by atoms with Crippen LogP contribution in [0.25, 0.3) is 11.0 Å². The first kappa shape index (κ1) is 22.7. The monoisotopic (exact) mass is 401 g/mol. The Balaban J connectivity index is 1.57. The van der Waals surface area contributed by atoms with Gasteiger partial charge in [0.1, 0.15) is 5.82 Å². The second kappa shape index (κ2) is 12.8.